The van der Waals surface area contributed by atoms with E-state index in [1.807, 2.05) is 57.4 Å². The molecule has 2 heterocycles. The van der Waals surface area contributed by atoms with Crippen molar-refractivity contribution in [1.82, 2.24) is 19.9 Å². The number of carbonyl (C=O) groups is 1. The van der Waals surface area contributed by atoms with Gasteiger partial charge in [-0.15, -0.1) is 0 Å². The van der Waals surface area contributed by atoms with Crippen molar-refractivity contribution < 1.29 is 4.79 Å². The molecular formula is C20H26N6O. The van der Waals surface area contributed by atoms with Crippen LogP contribution >= 0.6 is 0 Å². The van der Waals surface area contributed by atoms with Crippen molar-refractivity contribution in [2.75, 3.05) is 37.4 Å². The quantitative estimate of drug-likeness (QED) is 0.627. The van der Waals surface area contributed by atoms with Gasteiger partial charge < -0.3 is 20.1 Å². The zero-order valence-corrected chi connectivity index (χ0v) is 16.3. The van der Waals surface area contributed by atoms with Crippen LogP contribution in [0.15, 0.2) is 36.5 Å². The molecule has 2 aromatic heterocycles. The molecular weight excluding hydrogens is 340 g/mol. The van der Waals surface area contributed by atoms with Crippen molar-refractivity contribution in [3.63, 3.8) is 0 Å². The van der Waals surface area contributed by atoms with Gasteiger partial charge in [0.15, 0.2) is 0 Å². The van der Waals surface area contributed by atoms with Crippen LogP contribution in [-0.4, -0.2) is 47.6 Å². The summed E-state index contributed by atoms with van der Waals surface area (Å²) in [5.74, 6) is 2.34. The first-order valence-corrected chi connectivity index (χ1v) is 9.00. The van der Waals surface area contributed by atoms with Crippen LogP contribution in [0, 0.1) is 6.92 Å². The lowest BCUT2D eigenvalue weighted by Gasteiger charge is -2.14. The van der Waals surface area contributed by atoms with Crippen LogP contribution in [0.25, 0.3) is 10.9 Å². The van der Waals surface area contributed by atoms with E-state index in [0.29, 0.717) is 25.3 Å². The number of fused-ring (bicyclic) bond motifs is 1. The van der Waals surface area contributed by atoms with Gasteiger partial charge in [-0.1, -0.05) is 18.2 Å². The maximum Gasteiger partial charge on any atom is 0.224 e. The van der Waals surface area contributed by atoms with E-state index in [4.69, 9.17) is 0 Å². The second kappa shape index (κ2) is 8.07. The van der Waals surface area contributed by atoms with Gasteiger partial charge >= 0.3 is 0 Å². The van der Waals surface area contributed by atoms with E-state index in [-0.39, 0.29) is 5.91 Å². The highest BCUT2D eigenvalue weighted by Crippen LogP contribution is 2.20. The minimum atomic E-state index is 0.0148. The van der Waals surface area contributed by atoms with Crippen LogP contribution in [0.4, 0.5) is 11.6 Å². The number of hydrogen-bond acceptors (Lipinski definition) is 5. The number of nitrogens with one attached hydrogen (secondary N) is 2. The second-order valence-corrected chi connectivity index (χ2v) is 6.79. The first-order valence-electron chi connectivity index (χ1n) is 9.00. The van der Waals surface area contributed by atoms with E-state index in [1.165, 1.54) is 0 Å². The van der Waals surface area contributed by atoms with Gasteiger partial charge in [0.1, 0.15) is 17.5 Å². The monoisotopic (exact) mass is 366 g/mol. The number of para-hydroxylation sites is 1. The van der Waals surface area contributed by atoms with E-state index in [1.54, 1.807) is 0 Å². The third-order valence-corrected chi connectivity index (χ3v) is 4.37. The maximum absolute atomic E-state index is 12.3. The topological polar surface area (TPSA) is 75.1 Å². The van der Waals surface area contributed by atoms with Crippen molar-refractivity contribution >= 4 is 28.4 Å². The molecule has 1 amide bonds. The number of carbonyl (C=O) groups excluding carboxylic acids is 1. The lowest BCUT2D eigenvalue weighted by Crippen LogP contribution is -2.30. The number of benzene rings is 1. The summed E-state index contributed by atoms with van der Waals surface area (Å²) >= 11 is 0. The smallest absolute Gasteiger partial charge is 0.224 e. The molecule has 0 aliphatic heterocycles. The van der Waals surface area contributed by atoms with E-state index in [2.05, 4.69) is 37.3 Å². The number of nitrogens with zero attached hydrogens (tertiary/aromatic N) is 4. The standard InChI is InChI=1S/C20H26N6O/c1-14-23-18(12-19(24-14)25(2)3)21-9-10-22-20(27)11-15-13-26(4)17-8-6-5-7-16(15)17/h5-8,12-13H,9-11H2,1-4H3,(H,22,27)(H,21,23,24). The Morgan fingerprint density at radius 3 is 2.74 bits per heavy atom. The van der Waals surface area contributed by atoms with Gasteiger partial charge in [0.25, 0.3) is 0 Å². The van der Waals surface area contributed by atoms with Crippen LogP contribution in [0.5, 0.6) is 0 Å². The molecule has 3 rings (SSSR count). The zero-order chi connectivity index (χ0) is 19.4. The number of rotatable bonds is 7. The SMILES string of the molecule is Cc1nc(NCCNC(=O)Cc2cn(C)c3ccccc23)cc(N(C)C)n1. The molecule has 142 valence electrons. The van der Waals surface area contributed by atoms with Gasteiger partial charge in [-0.3, -0.25) is 4.79 Å². The molecule has 0 atom stereocenters. The third-order valence-electron chi connectivity index (χ3n) is 4.37. The van der Waals surface area contributed by atoms with Gasteiger partial charge in [0, 0.05) is 57.4 Å². The summed E-state index contributed by atoms with van der Waals surface area (Å²) in [6.45, 7) is 3.00. The molecule has 3 aromatic rings. The Labute approximate surface area is 159 Å². The molecule has 0 unspecified atom stereocenters. The van der Waals surface area contributed by atoms with E-state index < -0.39 is 0 Å². The molecule has 1 aromatic carbocycles. The molecule has 7 heteroatoms. The summed E-state index contributed by atoms with van der Waals surface area (Å²) in [7, 11) is 5.89. The van der Waals surface area contributed by atoms with Gasteiger partial charge in [-0.2, -0.15) is 0 Å². The molecule has 7 nitrogen and oxygen atoms in total. The minimum Gasteiger partial charge on any atom is -0.368 e. The molecule has 0 aliphatic carbocycles. The Balaban J connectivity index is 1.51. The summed E-state index contributed by atoms with van der Waals surface area (Å²) in [6, 6.07) is 10.0. The van der Waals surface area contributed by atoms with Crippen LogP contribution < -0.4 is 15.5 Å². The van der Waals surface area contributed by atoms with Crippen molar-refractivity contribution in [3.05, 3.63) is 47.9 Å². The van der Waals surface area contributed by atoms with Gasteiger partial charge in [-0.25, -0.2) is 9.97 Å². The Morgan fingerprint density at radius 2 is 1.96 bits per heavy atom. The lowest BCUT2D eigenvalue weighted by atomic mass is 10.1. The first kappa shape index (κ1) is 18.7. The predicted octanol–water partition coefficient (Wildman–Crippen LogP) is 2.11. The fraction of sp³-hybridized carbons (Fsp3) is 0.350. The third kappa shape index (κ3) is 4.55. The number of anilines is 2. The Bertz CT molecular complexity index is 947. The second-order valence-electron chi connectivity index (χ2n) is 6.79. The maximum atomic E-state index is 12.3. The van der Waals surface area contributed by atoms with Crippen molar-refractivity contribution in [3.8, 4) is 0 Å². The normalized spacial score (nSPS) is 10.8. The molecule has 2 N–H and O–H groups in total. The van der Waals surface area contributed by atoms with Gasteiger partial charge in [-0.05, 0) is 18.6 Å². The number of hydrogen-bond donors (Lipinski definition) is 2. The van der Waals surface area contributed by atoms with Crippen LogP contribution in [0.1, 0.15) is 11.4 Å². The first-order chi connectivity index (χ1) is 12.9. The fourth-order valence-corrected chi connectivity index (χ4v) is 3.07. The lowest BCUT2D eigenvalue weighted by molar-refractivity contribution is -0.120. The number of aromatic nitrogens is 3. The highest BCUT2D eigenvalue weighted by molar-refractivity contribution is 5.89. The van der Waals surface area contributed by atoms with Crippen LogP contribution in [0.3, 0.4) is 0 Å². The van der Waals surface area contributed by atoms with Gasteiger partial charge in [0.05, 0.1) is 6.42 Å². The Kier molecular flexibility index (Phi) is 5.59. The van der Waals surface area contributed by atoms with E-state index >= 15 is 0 Å². The highest BCUT2D eigenvalue weighted by atomic mass is 16.1. The van der Waals surface area contributed by atoms with Gasteiger partial charge in [0.2, 0.25) is 5.91 Å². The summed E-state index contributed by atoms with van der Waals surface area (Å²) < 4.78 is 2.05. The van der Waals surface area contributed by atoms with Crippen molar-refractivity contribution in [2.45, 2.75) is 13.3 Å². The minimum absolute atomic E-state index is 0.0148. The highest BCUT2D eigenvalue weighted by Gasteiger charge is 2.10. The summed E-state index contributed by atoms with van der Waals surface area (Å²) in [5.41, 5.74) is 2.18. The Morgan fingerprint density at radius 1 is 1.19 bits per heavy atom. The molecule has 0 saturated heterocycles. The number of amides is 1. The Hall–Kier alpha value is -3.09. The summed E-state index contributed by atoms with van der Waals surface area (Å²) in [6.07, 6.45) is 2.40. The molecule has 0 saturated carbocycles. The molecule has 0 aliphatic rings. The molecule has 0 fully saturated rings. The predicted molar refractivity (Wildman–Crippen MR) is 109 cm³/mol. The van der Waals surface area contributed by atoms with E-state index in [0.717, 1.165) is 28.1 Å². The molecule has 0 radical (unpaired) electrons. The van der Waals surface area contributed by atoms with Crippen molar-refractivity contribution in [2.24, 2.45) is 7.05 Å². The summed E-state index contributed by atoms with van der Waals surface area (Å²) in [5, 5.41) is 7.33. The van der Waals surface area contributed by atoms with E-state index in [9.17, 15) is 4.79 Å². The van der Waals surface area contributed by atoms with Crippen LogP contribution in [0.2, 0.25) is 0 Å². The van der Waals surface area contributed by atoms with Crippen molar-refractivity contribution in [1.29, 1.82) is 0 Å². The summed E-state index contributed by atoms with van der Waals surface area (Å²) in [4.78, 5) is 23.0. The van der Waals surface area contributed by atoms with Crippen LogP contribution in [-0.2, 0) is 18.3 Å². The molecule has 0 spiro atoms. The zero-order valence-electron chi connectivity index (χ0n) is 16.3. The average Bonchev–Trinajstić information content (AvgIpc) is 2.94. The largest absolute Gasteiger partial charge is 0.368 e. The average molecular weight is 366 g/mol. The fourth-order valence-electron chi connectivity index (χ4n) is 3.07. The molecule has 27 heavy (non-hydrogen) atoms. The molecule has 0 bridgehead atoms. The number of aryl methyl sites for hydroxylation is 2.